The number of nitrogens with zero attached hydrogens (tertiary/aromatic N) is 2. The summed E-state index contributed by atoms with van der Waals surface area (Å²) in [6.45, 7) is 5.78. The minimum atomic E-state index is -1.12. The van der Waals surface area contributed by atoms with Crippen molar-refractivity contribution in [3.8, 4) is 5.75 Å². The maximum atomic E-state index is 12.7. The normalized spacial score (nSPS) is 21.3. The molecule has 1 aliphatic heterocycles. The number of hydrogen-bond donors (Lipinski definition) is 1. The van der Waals surface area contributed by atoms with Gasteiger partial charge in [0, 0.05) is 6.21 Å². The monoisotopic (exact) mass is 317 g/mol. The average molecular weight is 317 g/mol. The first-order chi connectivity index (χ1) is 11.0. The number of carbonyl (C=O) groups excluding carboxylic acids is 2. The Labute approximate surface area is 136 Å². The number of imide groups is 1. The van der Waals surface area contributed by atoms with Crippen LogP contribution in [0.25, 0.3) is 0 Å². The van der Waals surface area contributed by atoms with Crippen LogP contribution in [0.2, 0.25) is 0 Å². The fraction of sp³-hybridized carbons (Fsp3) is 0.471. The minimum Gasteiger partial charge on any atom is -0.497 e. The molecule has 1 aromatic rings. The van der Waals surface area contributed by atoms with Gasteiger partial charge < -0.3 is 10.1 Å². The number of rotatable bonds is 6. The van der Waals surface area contributed by atoms with Crippen molar-refractivity contribution in [3.05, 3.63) is 29.8 Å². The van der Waals surface area contributed by atoms with Gasteiger partial charge in [-0.2, -0.15) is 5.10 Å². The number of amides is 3. The standard InChI is InChI=1S/C17H23N3O3/c1-5-12(6-2)11-18-20-15(21)17(3,19-16(20)22)13-7-9-14(23-4)10-8-13/h7-12H,5-6H2,1-4H3,(H,19,22)/b18-11+. The second-order valence-electron chi connectivity index (χ2n) is 5.74. The summed E-state index contributed by atoms with van der Waals surface area (Å²) in [5.74, 6) is 0.566. The highest BCUT2D eigenvalue weighted by molar-refractivity contribution is 6.07. The Kier molecular flexibility index (Phi) is 5.03. The molecule has 0 bridgehead atoms. The summed E-state index contributed by atoms with van der Waals surface area (Å²) < 4.78 is 5.12. The van der Waals surface area contributed by atoms with Crippen molar-refractivity contribution in [2.45, 2.75) is 39.2 Å². The maximum Gasteiger partial charge on any atom is 0.346 e. The molecule has 2 rings (SSSR count). The summed E-state index contributed by atoms with van der Waals surface area (Å²) >= 11 is 0. The highest BCUT2D eigenvalue weighted by Crippen LogP contribution is 2.30. The molecule has 1 N–H and O–H groups in total. The van der Waals surface area contributed by atoms with Crippen LogP contribution >= 0.6 is 0 Å². The topological polar surface area (TPSA) is 71.0 Å². The van der Waals surface area contributed by atoms with E-state index in [2.05, 4.69) is 10.4 Å². The van der Waals surface area contributed by atoms with Crippen molar-refractivity contribution in [3.63, 3.8) is 0 Å². The van der Waals surface area contributed by atoms with E-state index in [1.807, 2.05) is 13.8 Å². The van der Waals surface area contributed by atoms with Crippen LogP contribution in [0.15, 0.2) is 29.4 Å². The number of nitrogens with one attached hydrogen (secondary N) is 1. The van der Waals surface area contributed by atoms with Gasteiger partial charge >= 0.3 is 6.03 Å². The highest BCUT2D eigenvalue weighted by atomic mass is 16.5. The molecular weight excluding hydrogens is 294 g/mol. The predicted molar refractivity (Wildman–Crippen MR) is 88.3 cm³/mol. The summed E-state index contributed by atoms with van der Waals surface area (Å²) in [5.41, 5.74) is -0.425. The lowest BCUT2D eigenvalue weighted by Gasteiger charge is -2.21. The largest absolute Gasteiger partial charge is 0.497 e. The summed E-state index contributed by atoms with van der Waals surface area (Å²) in [5, 5.41) is 7.75. The van der Waals surface area contributed by atoms with Crippen LogP contribution in [0.3, 0.4) is 0 Å². The van der Waals surface area contributed by atoms with E-state index in [9.17, 15) is 9.59 Å². The molecule has 1 unspecified atom stereocenters. The molecule has 0 spiro atoms. The first kappa shape index (κ1) is 17.0. The quantitative estimate of drug-likeness (QED) is 0.648. The van der Waals surface area contributed by atoms with E-state index in [1.54, 1.807) is 44.5 Å². The molecule has 23 heavy (non-hydrogen) atoms. The molecule has 1 atom stereocenters. The number of hydrazone groups is 1. The molecule has 0 radical (unpaired) electrons. The molecule has 6 heteroatoms. The molecule has 0 saturated carbocycles. The van der Waals surface area contributed by atoms with Crippen molar-refractivity contribution in [1.82, 2.24) is 10.3 Å². The van der Waals surface area contributed by atoms with Crippen molar-refractivity contribution in [1.29, 1.82) is 0 Å². The molecule has 1 saturated heterocycles. The molecule has 6 nitrogen and oxygen atoms in total. The van der Waals surface area contributed by atoms with E-state index in [-0.39, 0.29) is 11.8 Å². The van der Waals surface area contributed by atoms with E-state index in [0.29, 0.717) is 11.3 Å². The van der Waals surface area contributed by atoms with Crippen molar-refractivity contribution >= 4 is 18.2 Å². The molecule has 124 valence electrons. The molecule has 1 aromatic carbocycles. The number of urea groups is 1. The van der Waals surface area contributed by atoms with E-state index < -0.39 is 11.6 Å². The van der Waals surface area contributed by atoms with Gasteiger partial charge in [-0.1, -0.05) is 26.0 Å². The third-order valence-electron chi connectivity index (χ3n) is 4.28. The van der Waals surface area contributed by atoms with E-state index in [4.69, 9.17) is 4.74 Å². The zero-order valence-corrected chi connectivity index (χ0v) is 14.0. The minimum absolute atomic E-state index is 0.253. The summed E-state index contributed by atoms with van der Waals surface area (Å²) in [7, 11) is 1.58. The van der Waals surface area contributed by atoms with Gasteiger partial charge in [0.05, 0.1) is 7.11 Å². The molecule has 1 heterocycles. The molecule has 3 amide bonds. The van der Waals surface area contributed by atoms with Gasteiger partial charge in [0.25, 0.3) is 5.91 Å². The molecule has 1 aliphatic rings. The first-order valence-electron chi connectivity index (χ1n) is 7.81. The van der Waals surface area contributed by atoms with Crippen LogP contribution in [0.5, 0.6) is 5.75 Å². The van der Waals surface area contributed by atoms with Crippen LogP contribution in [-0.4, -0.2) is 30.3 Å². The number of methoxy groups -OCH3 is 1. The van der Waals surface area contributed by atoms with Gasteiger partial charge in [-0.05, 0) is 43.4 Å². The SMILES string of the molecule is CCC(/C=N/N1C(=O)NC(C)(c2ccc(OC)cc2)C1=O)CC. The van der Waals surface area contributed by atoms with Crippen molar-refractivity contribution in [2.24, 2.45) is 11.0 Å². The third kappa shape index (κ3) is 3.21. The van der Waals surface area contributed by atoms with Gasteiger partial charge in [0.1, 0.15) is 11.3 Å². The van der Waals surface area contributed by atoms with Gasteiger partial charge in [0.15, 0.2) is 0 Å². The fourth-order valence-electron chi connectivity index (χ4n) is 2.51. The third-order valence-corrected chi connectivity index (χ3v) is 4.28. The van der Waals surface area contributed by atoms with Gasteiger partial charge in [-0.3, -0.25) is 4.79 Å². The zero-order valence-electron chi connectivity index (χ0n) is 14.0. The smallest absolute Gasteiger partial charge is 0.346 e. The second kappa shape index (κ2) is 6.81. The Hall–Kier alpha value is -2.37. The van der Waals surface area contributed by atoms with Crippen molar-refractivity contribution < 1.29 is 14.3 Å². The lowest BCUT2D eigenvalue weighted by Crippen LogP contribution is -2.40. The van der Waals surface area contributed by atoms with Gasteiger partial charge in [0.2, 0.25) is 0 Å². The predicted octanol–water partition coefficient (Wildman–Crippen LogP) is 2.88. The van der Waals surface area contributed by atoms with Gasteiger partial charge in [-0.15, -0.1) is 5.01 Å². The number of hydrogen-bond acceptors (Lipinski definition) is 4. The Morgan fingerprint density at radius 1 is 1.26 bits per heavy atom. The first-order valence-corrected chi connectivity index (χ1v) is 7.81. The fourth-order valence-corrected chi connectivity index (χ4v) is 2.51. The summed E-state index contributed by atoms with van der Waals surface area (Å²) in [6.07, 6.45) is 3.51. The van der Waals surface area contributed by atoms with Crippen LogP contribution in [0.1, 0.15) is 39.2 Å². The van der Waals surface area contributed by atoms with E-state index in [0.717, 1.165) is 17.9 Å². The molecule has 0 aliphatic carbocycles. The highest BCUT2D eigenvalue weighted by Gasteiger charge is 2.49. The summed E-state index contributed by atoms with van der Waals surface area (Å²) in [6, 6.07) is 6.55. The average Bonchev–Trinajstić information content (AvgIpc) is 2.79. The Balaban J connectivity index is 2.25. The molecule has 0 aromatic heterocycles. The van der Waals surface area contributed by atoms with E-state index in [1.165, 1.54) is 0 Å². The van der Waals surface area contributed by atoms with Crippen LogP contribution in [0.4, 0.5) is 4.79 Å². The Morgan fingerprint density at radius 2 is 1.87 bits per heavy atom. The number of ether oxygens (including phenoxy) is 1. The molecule has 1 fully saturated rings. The van der Waals surface area contributed by atoms with E-state index >= 15 is 0 Å². The van der Waals surface area contributed by atoms with Crippen LogP contribution in [0, 0.1) is 5.92 Å². The van der Waals surface area contributed by atoms with Gasteiger partial charge in [-0.25, -0.2) is 4.79 Å². The second-order valence-corrected chi connectivity index (χ2v) is 5.74. The maximum absolute atomic E-state index is 12.7. The number of benzene rings is 1. The van der Waals surface area contributed by atoms with Crippen LogP contribution < -0.4 is 10.1 Å². The zero-order chi connectivity index (χ0) is 17.0. The lowest BCUT2D eigenvalue weighted by atomic mass is 9.92. The Bertz CT molecular complexity index is 608. The summed E-state index contributed by atoms with van der Waals surface area (Å²) in [4.78, 5) is 24.8. The molecular formula is C17H23N3O3. The van der Waals surface area contributed by atoms with Crippen LogP contribution in [-0.2, 0) is 10.3 Å². The number of carbonyl (C=O) groups is 2. The lowest BCUT2D eigenvalue weighted by molar-refractivity contribution is -0.131. The van der Waals surface area contributed by atoms with Crippen molar-refractivity contribution in [2.75, 3.05) is 7.11 Å². The Morgan fingerprint density at radius 3 is 2.39 bits per heavy atom.